The van der Waals surface area contributed by atoms with Crippen molar-refractivity contribution in [3.63, 3.8) is 0 Å². The third-order valence-corrected chi connectivity index (χ3v) is 4.22. The number of fused-ring (bicyclic) bond motifs is 1. The monoisotopic (exact) mass is 299 g/mol. The van der Waals surface area contributed by atoms with E-state index in [9.17, 15) is 9.90 Å². The van der Waals surface area contributed by atoms with E-state index in [0.29, 0.717) is 24.2 Å². The number of hydrogen-bond donors (Lipinski definition) is 1. The molecule has 0 saturated carbocycles. The molecule has 2 heterocycles. The lowest BCUT2D eigenvalue weighted by atomic mass is 9.98. The Balaban J connectivity index is 1.84. The Labute approximate surface area is 130 Å². The van der Waals surface area contributed by atoms with Crippen molar-refractivity contribution < 1.29 is 9.90 Å². The van der Waals surface area contributed by atoms with Crippen molar-refractivity contribution in [2.75, 3.05) is 13.6 Å². The zero-order chi connectivity index (χ0) is 15.7. The molecule has 5 heteroatoms. The highest BCUT2D eigenvalue weighted by atomic mass is 16.4. The molecule has 22 heavy (non-hydrogen) atoms. The lowest BCUT2D eigenvalue weighted by molar-refractivity contribution is 0.0695. The van der Waals surface area contributed by atoms with Crippen LogP contribution >= 0.6 is 0 Å². The summed E-state index contributed by atoms with van der Waals surface area (Å²) in [5.41, 5.74) is 4.90. The fourth-order valence-corrected chi connectivity index (χ4v) is 3.02. The zero-order valence-corrected chi connectivity index (χ0v) is 13.0. The Kier molecular flexibility index (Phi) is 3.98. The molecule has 0 saturated heterocycles. The first-order valence-electron chi connectivity index (χ1n) is 7.65. The molecular weight excluding hydrogens is 278 g/mol. The van der Waals surface area contributed by atoms with Crippen LogP contribution in [0, 0.1) is 0 Å². The van der Waals surface area contributed by atoms with Gasteiger partial charge in [0.05, 0.1) is 12.2 Å². The number of benzene rings is 1. The standard InChI is InChI=1S/C17H21N3O2/c1-3-16-15(17(21)22)11-20(18-16)9-12-4-5-13-6-7-19(2)10-14(13)8-12/h4-5,8,11H,3,6-7,9-10H2,1-2H3,(H,21,22). The Bertz CT molecular complexity index is 706. The molecule has 116 valence electrons. The van der Waals surface area contributed by atoms with Crippen LogP contribution in [0.3, 0.4) is 0 Å². The van der Waals surface area contributed by atoms with Crippen molar-refractivity contribution in [3.8, 4) is 0 Å². The predicted octanol–water partition coefficient (Wildman–Crippen LogP) is 2.18. The molecule has 1 aromatic heterocycles. The number of aromatic carboxylic acids is 1. The van der Waals surface area contributed by atoms with Crippen molar-refractivity contribution in [1.82, 2.24) is 14.7 Å². The van der Waals surface area contributed by atoms with Gasteiger partial charge in [0.15, 0.2) is 0 Å². The molecule has 0 fully saturated rings. The summed E-state index contributed by atoms with van der Waals surface area (Å²) in [4.78, 5) is 13.5. The second kappa shape index (κ2) is 5.93. The van der Waals surface area contributed by atoms with Gasteiger partial charge >= 0.3 is 5.97 Å². The van der Waals surface area contributed by atoms with Crippen LogP contribution in [0.1, 0.15) is 39.7 Å². The molecule has 0 aliphatic carbocycles. The number of carbonyl (C=O) groups is 1. The van der Waals surface area contributed by atoms with Crippen LogP contribution in [0.5, 0.6) is 0 Å². The molecule has 1 N–H and O–H groups in total. The number of aromatic nitrogens is 2. The smallest absolute Gasteiger partial charge is 0.339 e. The fraction of sp³-hybridized carbons (Fsp3) is 0.412. The lowest BCUT2D eigenvalue weighted by Crippen LogP contribution is -2.26. The van der Waals surface area contributed by atoms with Gasteiger partial charge < -0.3 is 10.0 Å². The quantitative estimate of drug-likeness (QED) is 0.940. The highest BCUT2D eigenvalue weighted by molar-refractivity contribution is 5.88. The Hall–Kier alpha value is -2.14. The van der Waals surface area contributed by atoms with E-state index in [1.807, 2.05) is 6.92 Å². The van der Waals surface area contributed by atoms with E-state index in [0.717, 1.165) is 25.1 Å². The van der Waals surface area contributed by atoms with E-state index < -0.39 is 5.97 Å². The van der Waals surface area contributed by atoms with E-state index in [1.165, 1.54) is 11.1 Å². The van der Waals surface area contributed by atoms with Crippen LogP contribution in [-0.2, 0) is 25.9 Å². The topological polar surface area (TPSA) is 58.4 Å². The summed E-state index contributed by atoms with van der Waals surface area (Å²) in [6, 6.07) is 6.54. The number of carboxylic acid groups (broad SMARTS) is 1. The normalized spacial score (nSPS) is 14.8. The van der Waals surface area contributed by atoms with Crippen molar-refractivity contribution in [1.29, 1.82) is 0 Å². The molecule has 3 rings (SSSR count). The number of carboxylic acids is 1. The lowest BCUT2D eigenvalue weighted by Gasteiger charge is -2.25. The number of nitrogens with zero attached hydrogens (tertiary/aromatic N) is 3. The Morgan fingerprint density at radius 3 is 2.86 bits per heavy atom. The molecule has 0 unspecified atom stereocenters. The predicted molar refractivity (Wildman–Crippen MR) is 84.1 cm³/mol. The van der Waals surface area contributed by atoms with Gasteiger partial charge in [0.25, 0.3) is 0 Å². The summed E-state index contributed by atoms with van der Waals surface area (Å²) in [5.74, 6) is -0.907. The summed E-state index contributed by atoms with van der Waals surface area (Å²) in [6.07, 6.45) is 3.35. The van der Waals surface area contributed by atoms with Gasteiger partial charge in [-0.15, -0.1) is 0 Å². The van der Waals surface area contributed by atoms with Gasteiger partial charge in [0.2, 0.25) is 0 Å². The van der Waals surface area contributed by atoms with Crippen molar-refractivity contribution >= 4 is 5.97 Å². The number of rotatable bonds is 4. The van der Waals surface area contributed by atoms with Crippen LogP contribution < -0.4 is 0 Å². The summed E-state index contributed by atoms with van der Waals surface area (Å²) in [7, 11) is 2.13. The van der Waals surface area contributed by atoms with E-state index in [2.05, 4.69) is 35.2 Å². The first-order chi connectivity index (χ1) is 10.6. The van der Waals surface area contributed by atoms with Gasteiger partial charge in [0.1, 0.15) is 5.56 Å². The van der Waals surface area contributed by atoms with Gasteiger partial charge in [-0.2, -0.15) is 5.10 Å². The van der Waals surface area contributed by atoms with Crippen LogP contribution in [-0.4, -0.2) is 39.3 Å². The number of hydrogen-bond acceptors (Lipinski definition) is 3. The maximum absolute atomic E-state index is 11.2. The SMILES string of the molecule is CCc1nn(Cc2ccc3c(c2)CN(C)CC3)cc1C(=O)O. The number of likely N-dealkylation sites (N-methyl/N-ethyl adjacent to an activating group) is 1. The summed E-state index contributed by atoms with van der Waals surface area (Å²) in [5, 5.41) is 13.6. The Morgan fingerprint density at radius 2 is 2.18 bits per heavy atom. The zero-order valence-electron chi connectivity index (χ0n) is 13.0. The average Bonchev–Trinajstić information content (AvgIpc) is 2.90. The van der Waals surface area contributed by atoms with Crippen molar-refractivity contribution in [3.05, 3.63) is 52.3 Å². The van der Waals surface area contributed by atoms with Gasteiger partial charge in [-0.1, -0.05) is 25.1 Å². The van der Waals surface area contributed by atoms with Crippen LogP contribution in [0.2, 0.25) is 0 Å². The molecule has 0 bridgehead atoms. The number of aryl methyl sites for hydroxylation is 1. The molecule has 5 nitrogen and oxygen atoms in total. The maximum Gasteiger partial charge on any atom is 0.339 e. The van der Waals surface area contributed by atoms with E-state index in [4.69, 9.17) is 0 Å². The van der Waals surface area contributed by atoms with Gasteiger partial charge in [-0.3, -0.25) is 4.68 Å². The van der Waals surface area contributed by atoms with Gasteiger partial charge in [0, 0.05) is 19.3 Å². The molecule has 2 aromatic rings. The second-order valence-corrected chi connectivity index (χ2v) is 5.94. The largest absolute Gasteiger partial charge is 0.478 e. The first kappa shape index (κ1) is 14.8. The molecule has 0 atom stereocenters. The first-order valence-corrected chi connectivity index (χ1v) is 7.65. The highest BCUT2D eigenvalue weighted by Gasteiger charge is 2.16. The minimum Gasteiger partial charge on any atom is -0.478 e. The van der Waals surface area contributed by atoms with E-state index in [1.54, 1.807) is 10.9 Å². The van der Waals surface area contributed by atoms with E-state index in [-0.39, 0.29) is 0 Å². The highest BCUT2D eigenvalue weighted by Crippen LogP contribution is 2.20. The second-order valence-electron chi connectivity index (χ2n) is 5.94. The average molecular weight is 299 g/mol. The molecule has 1 aliphatic rings. The van der Waals surface area contributed by atoms with Crippen LogP contribution in [0.15, 0.2) is 24.4 Å². The molecule has 0 spiro atoms. The molecule has 0 radical (unpaired) electrons. The molecule has 1 aromatic carbocycles. The third kappa shape index (κ3) is 2.90. The Morgan fingerprint density at radius 1 is 1.36 bits per heavy atom. The summed E-state index contributed by atoms with van der Waals surface area (Å²) in [6.45, 7) is 4.61. The molecule has 0 amide bonds. The van der Waals surface area contributed by atoms with Gasteiger partial charge in [-0.25, -0.2) is 4.79 Å². The minimum atomic E-state index is -0.907. The maximum atomic E-state index is 11.2. The van der Waals surface area contributed by atoms with Gasteiger partial charge in [-0.05, 0) is 36.6 Å². The van der Waals surface area contributed by atoms with E-state index >= 15 is 0 Å². The minimum absolute atomic E-state index is 0.306. The van der Waals surface area contributed by atoms with Crippen molar-refractivity contribution in [2.24, 2.45) is 0 Å². The van der Waals surface area contributed by atoms with Crippen LogP contribution in [0.4, 0.5) is 0 Å². The molecule has 1 aliphatic heterocycles. The summed E-state index contributed by atoms with van der Waals surface area (Å²) >= 11 is 0. The third-order valence-electron chi connectivity index (χ3n) is 4.22. The van der Waals surface area contributed by atoms with Crippen LogP contribution in [0.25, 0.3) is 0 Å². The fourth-order valence-electron chi connectivity index (χ4n) is 3.02. The van der Waals surface area contributed by atoms with Crippen molar-refractivity contribution in [2.45, 2.75) is 32.9 Å². The molecular formula is C17H21N3O2. The summed E-state index contributed by atoms with van der Waals surface area (Å²) < 4.78 is 1.73.